The van der Waals surface area contributed by atoms with Crippen molar-refractivity contribution in [3.63, 3.8) is 0 Å². The Hall–Kier alpha value is -4.86. The molecule has 0 spiro atoms. The molecule has 43 heavy (non-hydrogen) atoms. The highest BCUT2D eigenvalue weighted by molar-refractivity contribution is 6.00. The molecule has 4 rings (SSSR count). The van der Waals surface area contributed by atoms with Gasteiger partial charge in [0.05, 0.1) is 39.9 Å². The Labute approximate surface area is 250 Å². The lowest BCUT2D eigenvalue weighted by molar-refractivity contribution is 0.0468. The van der Waals surface area contributed by atoms with Gasteiger partial charge in [-0.3, -0.25) is 9.78 Å². The van der Waals surface area contributed by atoms with E-state index in [-0.39, 0.29) is 17.9 Å². The summed E-state index contributed by atoms with van der Waals surface area (Å²) in [6.07, 6.45) is 3.38. The van der Waals surface area contributed by atoms with Crippen molar-refractivity contribution in [3.05, 3.63) is 47.8 Å². The third-order valence-electron chi connectivity index (χ3n) is 7.05. The Balaban J connectivity index is 1.49. The molecule has 0 aromatic carbocycles. The molecule has 13 nitrogen and oxygen atoms in total. The molecule has 1 aliphatic carbocycles. The van der Waals surface area contributed by atoms with Gasteiger partial charge in [-0.2, -0.15) is 10.4 Å². The molecular formula is C30H38N8O5. The number of hydrogen-bond acceptors (Lipinski definition) is 8. The van der Waals surface area contributed by atoms with Gasteiger partial charge in [-0.15, -0.1) is 0 Å². The molecule has 3 aromatic rings. The SMILES string of the molecule is CC(C)(CCNC(=O)c1cnc(-c2ccc3cc(C#N)cnn23)cc1N[C@H]1C[C@H](CNC(=O)O)C1)NC(=O)OC(C)(C)C. The average molecular weight is 591 g/mol. The fourth-order valence-electron chi connectivity index (χ4n) is 4.85. The van der Waals surface area contributed by atoms with E-state index in [9.17, 15) is 19.6 Å². The number of carbonyl (C=O) groups is 3. The van der Waals surface area contributed by atoms with Crippen molar-refractivity contribution < 1.29 is 24.2 Å². The summed E-state index contributed by atoms with van der Waals surface area (Å²) in [5, 5.41) is 34.1. The van der Waals surface area contributed by atoms with Crippen LogP contribution in [0, 0.1) is 17.2 Å². The van der Waals surface area contributed by atoms with E-state index >= 15 is 0 Å². The second kappa shape index (κ2) is 12.6. The number of carboxylic acid groups (broad SMARTS) is 1. The van der Waals surface area contributed by atoms with Gasteiger partial charge in [0.15, 0.2) is 0 Å². The molecule has 1 aliphatic rings. The summed E-state index contributed by atoms with van der Waals surface area (Å²) in [6.45, 7) is 9.76. The number of hydrogen-bond donors (Lipinski definition) is 5. The average Bonchev–Trinajstić information content (AvgIpc) is 3.31. The number of amides is 3. The van der Waals surface area contributed by atoms with Gasteiger partial charge >= 0.3 is 12.2 Å². The molecule has 3 heterocycles. The summed E-state index contributed by atoms with van der Waals surface area (Å²) in [5.41, 5.74) is 2.17. The van der Waals surface area contributed by atoms with E-state index in [2.05, 4.69) is 37.4 Å². The highest BCUT2D eigenvalue weighted by Gasteiger charge is 2.31. The van der Waals surface area contributed by atoms with Crippen molar-refractivity contribution in [2.24, 2.45) is 5.92 Å². The van der Waals surface area contributed by atoms with Crippen LogP contribution in [0.25, 0.3) is 16.9 Å². The maximum atomic E-state index is 13.3. The number of pyridine rings is 1. The summed E-state index contributed by atoms with van der Waals surface area (Å²) in [5.74, 6) is -0.116. The summed E-state index contributed by atoms with van der Waals surface area (Å²) in [7, 11) is 0. The van der Waals surface area contributed by atoms with Crippen LogP contribution in [-0.4, -0.2) is 68.1 Å². The molecule has 1 saturated carbocycles. The van der Waals surface area contributed by atoms with Crippen molar-refractivity contribution in [2.75, 3.05) is 18.4 Å². The number of fused-ring (bicyclic) bond motifs is 1. The fourth-order valence-corrected chi connectivity index (χ4v) is 4.85. The molecule has 228 valence electrons. The van der Waals surface area contributed by atoms with Gasteiger partial charge in [-0.25, -0.2) is 14.1 Å². The van der Waals surface area contributed by atoms with Gasteiger partial charge in [0.1, 0.15) is 11.7 Å². The van der Waals surface area contributed by atoms with Crippen molar-refractivity contribution >= 4 is 29.3 Å². The topological polar surface area (TPSA) is 183 Å². The Morgan fingerprint density at radius 1 is 1.12 bits per heavy atom. The van der Waals surface area contributed by atoms with Crippen molar-refractivity contribution in [2.45, 2.75) is 71.1 Å². The molecule has 0 radical (unpaired) electrons. The third-order valence-corrected chi connectivity index (χ3v) is 7.05. The van der Waals surface area contributed by atoms with E-state index in [0.717, 1.165) is 18.4 Å². The Morgan fingerprint density at radius 3 is 2.53 bits per heavy atom. The molecule has 1 fully saturated rings. The minimum absolute atomic E-state index is 0.0553. The van der Waals surface area contributed by atoms with Crippen LogP contribution >= 0.6 is 0 Å². The zero-order valence-corrected chi connectivity index (χ0v) is 25.0. The van der Waals surface area contributed by atoms with Crippen molar-refractivity contribution in [3.8, 4) is 17.5 Å². The highest BCUT2D eigenvalue weighted by atomic mass is 16.6. The molecule has 0 bridgehead atoms. The third kappa shape index (κ3) is 8.34. The van der Waals surface area contributed by atoms with Gasteiger partial charge in [0.2, 0.25) is 0 Å². The van der Waals surface area contributed by atoms with Crippen LogP contribution in [0.5, 0.6) is 0 Å². The molecule has 0 atom stereocenters. The van der Waals surface area contributed by atoms with Crippen LogP contribution in [0.2, 0.25) is 0 Å². The van der Waals surface area contributed by atoms with Gasteiger partial charge in [-0.05, 0) is 84.1 Å². The van der Waals surface area contributed by atoms with Crippen LogP contribution in [0.1, 0.15) is 69.8 Å². The summed E-state index contributed by atoms with van der Waals surface area (Å²) in [4.78, 5) is 41.0. The number of nitriles is 1. The summed E-state index contributed by atoms with van der Waals surface area (Å²) in [6, 6.07) is 9.37. The second-order valence-corrected chi connectivity index (χ2v) is 12.4. The first-order valence-electron chi connectivity index (χ1n) is 14.1. The number of rotatable bonds is 10. The van der Waals surface area contributed by atoms with Crippen LogP contribution in [0.4, 0.5) is 15.3 Å². The predicted molar refractivity (Wildman–Crippen MR) is 160 cm³/mol. The van der Waals surface area contributed by atoms with Gasteiger partial charge < -0.3 is 31.1 Å². The van der Waals surface area contributed by atoms with E-state index in [4.69, 9.17) is 9.84 Å². The number of nitrogens with zero attached hydrogens (tertiary/aromatic N) is 4. The predicted octanol–water partition coefficient (Wildman–Crippen LogP) is 4.15. The van der Waals surface area contributed by atoms with E-state index in [1.807, 2.05) is 26.0 Å². The summed E-state index contributed by atoms with van der Waals surface area (Å²) < 4.78 is 7.03. The Kier molecular flexibility index (Phi) is 9.08. The van der Waals surface area contributed by atoms with E-state index in [0.29, 0.717) is 47.7 Å². The first-order valence-corrected chi connectivity index (χ1v) is 14.1. The molecule has 3 aromatic heterocycles. The van der Waals surface area contributed by atoms with Gasteiger partial charge in [0.25, 0.3) is 5.91 Å². The molecular weight excluding hydrogens is 552 g/mol. The van der Waals surface area contributed by atoms with E-state index in [1.165, 1.54) is 12.4 Å². The fraction of sp³-hybridized carbons (Fsp3) is 0.467. The van der Waals surface area contributed by atoms with Crippen molar-refractivity contribution in [1.29, 1.82) is 5.26 Å². The van der Waals surface area contributed by atoms with E-state index < -0.39 is 23.3 Å². The first kappa shape index (κ1) is 31.1. The van der Waals surface area contributed by atoms with Crippen LogP contribution in [-0.2, 0) is 4.74 Å². The summed E-state index contributed by atoms with van der Waals surface area (Å²) >= 11 is 0. The molecule has 3 amide bonds. The van der Waals surface area contributed by atoms with Crippen LogP contribution in [0.3, 0.4) is 0 Å². The minimum Gasteiger partial charge on any atom is -0.465 e. The lowest BCUT2D eigenvalue weighted by atomic mass is 9.80. The highest BCUT2D eigenvalue weighted by Crippen LogP contribution is 2.32. The maximum absolute atomic E-state index is 13.3. The Bertz CT molecular complexity index is 1550. The number of ether oxygens (including phenoxy) is 1. The van der Waals surface area contributed by atoms with Gasteiger partial charge in [-0.1, -0.05) is 0 Å². The standard InChI is InChI=1S/C30H38N8O5/c1-29(2,3)43-28(42)37-30(4,5)8-9-32-26(39)22-17-33-24(25-7-6-21-12-19(14-31)16-35-38(21)25)13-23(22)36-20-10-18(11-20)15-34-27(40)41/h6-7,12-13,16-18,20,34H,8-11,15H2,1-5H3,(H,32,39)(H,33,36)(H,37,42)(H,40,41)/t18-,20-. The molecule has 13 heteroatoms. The number of nitrogens with one attached hydrogen (secondary N) is 4. The lowest BCUT2D eigenvalue weighted by Gasteiger charge is -2.36. The van der Waals surface area contributed by atoms with Crippen LogP contribution in [0.15, 0.2) is 36.7 Å². The molecule has 0 unspecified atom stereocenters. The normalized spacial score (nSPS) is 16.5. The van der Waals surface area contributed by atoms with Gasteiger partial charge in [0, 0.05) is 30.9 Å². The quantitative estimate of drug-likeness (QED) is 0.232. The molecule has 0 saturated heterocycles. The number of carbonyl (C=O) groups excluding carboxylic acids is 2. The number of aromatic nitrogens is 3. The zero-order valence-electron chi connectivity index (χ0n) is 25.0. The largest absolute Gasteiger partial charge is 0.465 e. The maximum Gasteiger partial charge on any atom is 0.408 e. The van der Waals surface area contributed by atoms with Crippen molar-refractivity contribution in [1.82, 2.24) is 30.5 Å². The monoisotopic (exact) mass is 590 g/mol. The molecule has 0 aliphatic heterocycles. The van der Waals surface area contributed by atoms with E-state index in [1.54, 1.807) is 37.4 Å². The number of anilines is 1. The second-order valence-electron chi connectivity index (χ2n) is 12.4. The zero-order chi connectivity index (χ0) is 31.4. The number of alkyl carbamates (subject to hydrolysis) is 1. The Morgan fingerprint density at radius 2 is 1.86 bits per heavy atom. The smallest absolute Gasteiger partial charge is 0.408 e. The first-order chi connectivity index (χ1) is 20.2. The lowest BCUT2D eigenvalue weighted by Crippen LogP contribution is -2.47. The minimum atomic E-state index is -1.05. The van der Waals surface area contributed by atoms with Crippen LogP contribution < -0.4 is 21.3 Å². The molecule has 5 N–H and O–H groups in total.